The number of amides is 5. The molecule has 3 saturated carbocycles. The van der Waals surface area contributed by atoms with Crippen LogP contribution in [-0.2, 0) is 29.2 Å². The predicted molar refractivity (Wildman–Crippen MR) is 163 cm³/mol. The average molecular weight is 639 g/mol. The molecule has 0 bridgehead atoms. The van der Waals surface area contributed by atoms with Crippen molar-refractivity contribution >= 4 is 39.6 Å². The molecular formula is C30H50N6O7S. The molecule has 0 radical (unpaired) electrons. The number of hydrogen-bond acceptors (Lipinski definition) is 7. The molecule has 1 aliphatic heterocycles. The van der Waals surface area contributed by atoms with Crippen LogP contribution in [0.4, 0.5) is 4.79 Å². The number of nitrogens with one attached hydrogen (secondary N) is 3. The summed E-state index contributed by atoms with van der Waals surface area (Å²) in [7, 11) is -1.99. The van der Waals surface area contributed by atoms with Crippen molar-refractivity contribution < 1.29 is 32.4 Å². The number of likely N-dealkylation sites (N-methyl/N-ethyl adjacent to an activating group) is 1. The minimum atomic E-state index is -3.48. The highest BCUT2D eigenvalue weighted by Crippen LogP contribution is 2.65. The Labute approximate surface area is 260 Å². The minimum Gasteiger partial charge on any atom is -0.363 e. The monoisotopic (exact) mass is 638 g/mol. The molecule has 14 heteroatoms. The number of likely N-dealkylation sites (tertiary alicyclic amines) is 1. The summed E-state index contributed by atoms with van der Waals surface area (Å²) in [6.07, 6.45) is 6.39. The largest absolute Gasteiger partial charge is 0.363 e. The molecule has 4 aliphatic rings. The number of nitrogens with zero attached hydrogens (tertiary/aromatic N) is 2. The Kier molecular flexibility index (Phi) is 9.22. The molecule has 4 rings (SSSR count). The van der Waals surface area contributed by atoms with Gasteiger partial charge in [0.1, 0.15) is 18.1 Å². The zero-order chi connectivity index (χ0) is 33.0. The van der Waals surface area contributed by atoms with Crippen molar-refractivity contribution in [2.24, 2.45) is 34.3 Å². The van der Waals surface area contributed by atoms with Gasteiger partial charge in [0.25, 0.3) is 5.91 Å². The van der Waals surface area contributed by atoms with Crippen LogP contribution < -0.4 is 21.7 Å². The molecule has 1 unspecified atom stereocenters. The molecule has 0 aromatic heterocycles. The molecule has 13 nitrogen and oxygen atoms in total. The molecule has 3 aliphatic carbocycles. The lowest BCUT2D eigenvalue weighted by Gasteiger charge is -2.42. The first-order valence-electron chi connectivity index (χ1n) is 15.6. The Balaban J connectivity index is 1.54. The van der Waals surface area contributed by atoms with Gasteiger partial charge < -0.3 is 26.6 Å². The number of primary amides is 1. The molecule has 1 heterocycles. The summed E-state index contributed by atoms with van der Waals surface area (Å²) in [6, 6.07) is -3.46. The highest BCUT2D eigenvalue weighted by atomic mass is 32.2. The lowest BCUT2D eigenvalue weighted by molar-refractivity contribution is -0.145. The van der Waals surface area contributed by atoms with Crippen LogP contribution in [0, 0.1) is 28.6 Å². The number of sulfonamides is 1. The number of piperidine rings is 1. The summed E-state index contributed by atoms with van der Waals surface area (Å²) < 4.78 is 25.6. The van der Waals surface area contributed by atoms with Crippen LogP contribution in [0.15, 0.2) is 0 Å². The smallest absolute Gasteiger partial charge is 0.315 e. The van der Waals surface area contributed by atoms with Gasteiger partial charge in [-0.25, -0.2) is 17.5 Å². The number of hydrogen-bond donors (Lipinski definition) is 4. The van der Waals surface area contributed by atoms with Gasteiger partial charge in [0.2, 0.25) is 27.6 Å². The maximum Gasteiger partial charge on any atom is 0.315 e. The summed E-state index contributed by atoms with van der Waals surface area (Å²) in [6.45, 7) is 10.0. The average Bonchev–Trinajstić information content (AvgIpc) is 3.77. The van der Waals surface area contributed by atoms with E-state index in [9.17, 15) is 32.4 Å². The SMILES string of the molecule is CN(CC1(NC(=O)N[C@H](C(=O)N2C[C@H]3[C@@H]([C@H]2C(=O)NC(C(=O)C(N)=O)C2CC2)C3(C)C)C(C)(C)C)CCCCC1)S(C)(=O)=O. The van der Waals surface area contributed by atoms with E-state index in [1.165, 1.54) is 16.3 Å². The molecule has 44 heavy (non-hydrogen) atoms. The topological polar surface area (TPSA) is 188 Å². The number of carbonyl (C=O) groups excluding carboxylic acids is 5. The van der Waals surface area contributed by atoms with Gasteiger partial charge in [-0.3, -0.25) is 19.2 Å². The van der Waals surface area contributed by atoms with Gasteiger partial charge in [-0.05, 0) is 54.3 Å². The summed E-state index contributed by atoms with van der Waals surface area (Å²) in [5.74, 6) is -3.08. The summed E-state index contributed by atoms with van der Waals surface area (Å²) >= 11 is 0. The van der Waals surface area contributed by atoms with Crippen LogP contribution in [0.5, 0.6) is 0 Å². The van der Waals surface area contributed by atoms with Crippen molar-refractivity contribution in [3.8, 4) is 0 Å². The van der Waals surface area contributed by atoms with Crippen LogP contribution in [-0.4, -0.2) is 97.2 Å². The Morgan fingerprint density at radius 1 is 1.02 bits per heavy atom. The summed E-state index contributed by atoms with van der Waals surface area (Å²) in [5, 5.41) is 8.66. The van der Waals surface area contributed by atoms with Crippen LogP contribution >= 0.6 is 0 Å². The second-order valence-electron chi connectivity index (χ2n) is 15.2. The van der Waals surface area contributed by atoms with E-state index in [1.807, 2.05) is 34.6 Å². The molecule has 1 saturated heterocycles. The van der Waals surface area contributed by atoms with E-state index in [-0.39, 0.29) is 29.7 Å². The number of rotatable bonds is 11. The van der Waals surface area contributed by atoms with Crippen molar-refractivity contribution in [1.29, 1.82) is 0 Å². The third kappa shape index (κ3) is 7.05. The lowest BCUT2D eigenvalue weighted by atomic mass is 9.81. The van der Waals surface area contributed by atoms with Crippen LogP contribution in [0.2, 0.25) is 0 Å². The van der Waals surface area contributed by atoms with Gasteiger partial charge in [-0.1, -0.05) is 53.9 Å². The van der Waals surface area contributed by atoms with Gasteiger partial charge in [-0.15, -0.1) is 0 Å². The van der Waals surface area contributed by atoms with E-state index in [2.05, 4.69) is 16.0 Å². The standard InChI is InChI=1S/C30H50N6O7S/c1-28(2,3)23(33-27(41)34-30(13-9-8-10-14-30)16-35(6)44(7,42)43)26(40)36-15-18-19(29(18,4)5)21(36)25(39)32-20(17-11-12-17)22(37)24(31)38/h17-21,23H,8-16H2,1-7H3,(H2,31,38)(H,32,39)(H2,33,34,41)/t18-,19-,20?,21-,23+/m0/s1. The van der Waals surface area contributed by atoms with E-state index in [4.69, 9.17) is 5.73 Å². The Hall–Kier alpha value is -2.74. The minimum absolute atomic E-state index is 0.0694. The number of ketones is 1. The number of nitrogens with two attached hydrogens (primary N) is 1. The fourth-order valence-corrected chi connectivity index (χ4v) is 7.83. The molecule has 248 valence electrons. The molecule has 5 atom stereocenters. The third-order valence-electron chi connectivity index (χ3n) is 10.3. The van der Waals surface area contributed by atoms with Gasteiger partial charge in [-0.2, -0.15) is 0 Å². The zero-order valence-electron chi connectivity index (χ0n) is 27.1. The predicted octanol–water partition coefficient (Wildman–Crippen LogP) is 0.727. The number of carbonyl (C=O) groups is 5. The zero-order valence-corrected chi connectivity index (χ0v) is 27.9. The summed E-state index contributed by atoms with van der Waals surface area (Å²) in [4.78, 5) is 67.3. The lowest BCUT2D eigenvalue weighted by Crippen LogP contribution is -2.64. The molecule has 0 spiro atoms. The number of urea groups is 1. The fraction of sp³-hybridized carbons (Fsp3) is 0.833. The van der Waals surface area contributed by atoms with Crippen molar-refractivity contribution in [3.05, 3.63) is 0 Å². The van der Waals surface area contributed by atoms with Crippen LogP contribution in [0.25, 0.3) is 0 Å². The molecule has 0 aromatic rings. The van der Waals surface area contributed by atoms with Crippen LogP contribution in [0.3, 0.4) is 0 Å². The first-order chi connectivity index (χ1) is 20.2. The van der Waals surface area contributed by atoms with Gasteiger partial charge in [0, 0.05) is 20.1 Å². The third-order valence-corrected chi connectivity index (χ3v) is 11.6. The van der Waals surface area contributed by atoms with E-state index in [1.54, 1.807) is 0 Å². The van der Waals surface area contributed by atoms with Crippen molar-refractivity contribution in [2.45, 2.75) is 103 Å². The van der Waals surface area contributed by atoms with Crippen molar-refractivity contribution in [2.75, 3.05) is 26.4 Å². The molecular weight excluding hydrogens is 588 g/mol. The molecule has 0 aromatic carbocycles. The first-order valence-corrected chi connectivity index (χ1v) is 17.5. The maximum atomic E-state index is 14.2. The Morgan fingerprint density at radius 3 is 2.11 bits per heavy atom. The Morgan fingerprint density at radius 2 is 1.61 bits per heavy atom. The maximum absolute atomic E-state index is 14.2. The van der Waals surface area contributed by atoms with E-state index < -0.39 is 68.6 Å². The van der Waals surface area contributed by atoms with Crippen LogP contribution in [0.1, 0.15) is 79.6 Å². The number of Topliss-reactive ketones (excluding diaryl/α,β-unsaturated/α-hetero) is 1. The van der Waals surface area contributed by atoms with Gasteiger partial charge in [0.15, 0.2) is 0 Å². The quantitative estimate of drug-likeness (QED) is 0.240. The Bertz CT molecular complexity index is 1300. The van der Waals surface area contributed by atoms with Gasteiger partial charge in [0.05, 0.1) is 11.8 Å². The molecule has 5 amide bonds. The first kappa shape index (κ1) is 34.1. The molecule has 4 fully saturated rings. The van der Waals surface area contributed by atoms with Crippen molar-refractivity contribution in [1.82, 2.24) is 25.2 Å². The number of fused-ring (bicyclic) bond motifs is 1. The fourth-order valence-electron chi connectivity index (χ4n) is 7.35. The van der Waals surface area contributed by atoms with E-state index in [0.717, 1.165) is 25.5 Å². The van der Waals surface area contributed by atoms with Crippen molar-refractivity contribution in [3.63, 3.8) is 0 Å². The second-order valence-corrected chi connectivity index (χ2v) is 17.3. The normalized spacial score (nSPS) is 27.1. The van der Waals surface area contributed by atoms with E-state index >= 15 is 0 Å². The highest BCUT2D eigenvalue weighted by molar-refractivity contribution is 7.88. The van der Waals surface area contributed by atoms with E-state index in [0.29, 0.717) is 32.2 Å². The second kappa shape index (κ2) is 11.9. The van der Waals surface area contributed by atoms with Gasteiger partial charge >= 0.3 is 6.03 Å². The molecule has 5 N–H and O–H groups in total. The highest BCUT2D eigenvalue weighted by Gasteiger charge is 2.70. The summed E-state index contributed by atoms with van der Waals surface area (Å²) in [5.41, 5.74) is 3.55.